The number of esters is 1. The maximum Gasteiger partial charge on any atom is 0.355 e. The van der Waals surface area contributed by atoms with E-state index in [4.69, 9.17) is 27.9 Å². The van der Waals surface area contributed by atoms with Crippen molar-refractivity contribution in [3.05, 3.63) is 69.5 Å². The van der Waals surface area contributed by atoms with Gasteiger partial charge in [0.15, 0.2) is 0 Å². The molecule has 8 heteroatoms. The number of unbranched alkanes of at least 4 members (excludes halogenated alkanes) is 1. The van der Waals surface area contributed by atoms with E-state index in [0.717, 1.165) is 36.3 Å². The first-order valence-electron chi connectivity index (χ1n) is 9.39. The number of carbonyl (C=O) groups is 1. The van der Waals surface area contributed by atoms with E-state index in [1.807, 2.05) is 28.8 Å². The summed E-state index contributed by atoms with van der Waals surface area (Å²) < 4.78 is 8.39. The molecular formula is C21H23Cl2N3O3. The topological polar surface area (TPSA) is 69.3 Å². The van der Waals surface area contributed by atoms with Crippen LogP contribution in [0.2, 0.25) is 10.3 Å². The van der Waals surface area contributed by atoms with Crippen LogP contribution in [-0.4, -0.2) is 32.3 Å². The van der Waals surface area contributed by atoms with E-state index in [1.54, 1.807) is 16.7 Å². The lowest BCUT2D eigenvalue weighted by molar-refractivity contribution is 0.0591. The van der Waals surface area contributed by atoms with Gasteiger partial charge in [0.1, 0.15) is 27.5 Å². The van der Waals surface area contributed by atoms with Crippen molar-refractivity contribution in [2.24, 2.45) is 0 Å². The summed E-state index contributed by atoms with van der Waals surface area (Å²) in [6.45, 7) is 2.47. The Balaban J connectivity index is 1.89. The fourth-order valence-corrected chi connectivity index (χ4v) is 3.70. The first-order valence-corrected chi connectivity index (χ1v) is 10.1. The van der Waals surface area contributed by atoms with Crippen molar-refractivity contribution in [1.82, 2.24) is 14.1 Å². The summed E-state index contributed by atoms with van der Waals surface area (Å²) in [5, 5.41) is 10.4. The molecule has 0 bridgehead atoms. The zero-order chi connectivity index (χ0) is 21.0. The van der Waals surface area contributed by atoms with Gasteiger partial charge in [-0.15, -0.1) is 0 Å². The Kier molecular flexibility index (Phi) is 7.00. The lowest BCUT2D eigenvalue weighted by Gasteiger charge is -2.12. The van der Waals surface area contributed by atoms with Crippen molar-refractivity contribution in [1.29, 1.82) is 0 Å². The summed E-state index contributed by atoms with van der Waals surface area (Å²) in [7, 11) is 1.34. The largest absolute Gasteiger partial charge is 0.464 e. The molecule has 0 atom stereocenters. The lowest BCUT2D eigenvalue weighted by Crippen LogP contribution is -2.09. The van der Waals surface area contributed by atoms with Gasteiger partial charge in [0.05, 0.1) is 20.3 Å². The van der Waals surface area contributed by atoms with Crippen molar-refractivity contribution < 1.29 is 14.6 Å². The van der Waals surface area contributed by atoms with Gasteiger partial charge < -0.3 is 14.4 Å². The van der Waals surface area contributed by atoms with Gasteiger partial charge in [0.2, 0.25) is 0 Å². The second-order valence-electron chi connectivity index (χ2n) is 6.65. The minimum Gasteiger partial charge on any atom is -0.464 e. The number of aryl methyl sites for hydroxylation is 1. The van der Waals surface area contributed by atoms with Gasteiger partial charge in [-0.3, -0.25) is 4.57 Å². The summed E-state index contributed by atoms with van der Waals surface area (Å²) in [4.78, 5) is 16.5. The molecule has 3 rings (SSSR count). The number of hydrogen-bond donors (Lipinski definition) is 1. The molecule has 154 valence electrons. The fraction of sp³-hybridized carbons (Fsp3) is 0.333. The molecule has 0 saturated carbocycles. The number of halogens is 2. The fourth-order valence-electron chi connectivity index (χ4n) is 3.19. The molecule has 0 aliphatic rings. The molecule has 2 heterocycles. The van der Waals surface area contributed by atoms with E-state index < -0.39 is 5.97 Å². The van der Waals surface area contributed by atoms with E-state index in [1.165, 1.54) is 7.11 Å². The molecule has 29 heavy (non-hydrogen) atoms. The third kappa shape index (κ3) is 4.50. The Hall–Kier alpha value is -2.28. The third-order valence-corrected chi connectivity index (χ3v) is 5.43. The molecule has 0 saturated heterocycles. The highest BCUT2D eigenvalue weighted by molar-refractivity contribution is 6.30. The van der Waals surface area contributed by atoms with Gasteiger partial charge in [0, 0.05) is 12.1 Å². The summed E-state index contributed by atoms with van der Waals surface area (Å²) in [6, 6.07) is 11.0. The van der Waals surface area contributed by atoms with Crippen LogP contribution >= 0.6 is 23.2 Å². The number of aliphatic hydroxyl groups is 1. The smallest absolute Gasteiger partial charge is 0.355 e. The molecule has 0 amide bonds. The Bertz CT molecular complexity index is 994. The summed E-state index contributed by atoms with van der Waals surface area (Å²) >= 11 is 12.7. The minimum absolute atomic E-state index is 0.188. The van der Waals surface area contributed by atoms with E-state index in [9.17, 15) is 9.90 Å². The first-order chi connectivity index (χ1) is 14.0. The number of aliphatic hydroxyl groups excluding tert-OH is 1. The quantitative estimate of drug-likeness (QED) is 0.522. The number of imidazole rings is 1. The number of benzene rings is 1. The highest BCUT2D eigenvalue weighted by atomic mass is 35.5. The minimum atomic E-state index is -0.455. The highest BCUT2D eigenvalue weighted by Gasteiger charge is 2.17. The molecule has 2 aromatic heterocycles. The number of hydrogen-bond acceptors (Lipinski definition) is 4. The second kappa shape index (κ2) is 9.48. The molecule has 0 radical (unpaired) electrons. The van der Waals surface area contributed by atoms with Gasteiger partial charge in [-0.25, -0.2) is 9.78 Å². The number of methoxy groups -OCH3 is 1. The van der Waals surface area contributed by atoms with Crippen molar-refractivity contribution in [3.8, 4) is 5.69 Å². The van der Waals surface area contributed by atoms with Gasteiger partial charge in [-0.2, -0.15) is 0 Å². The average molecular weight is 436 g/mol. The van der Waals surface area contributed by atoms with Crippen LogP contribution in [0.5, 0.6) is 0 Å². The summed E-state index contributed by atoms with van der Waals surface area (Å²) in [5.74, 6) is 0.412. The molecule has 0 unspecified atom stereocenters. The van der Waals surface area contributed by atoms with Crippen molar-refractivity contribution in [2.75, 3.05) is 7.11 Å². The van der Waals surface area contributed by atoms with E-state index in [0.29, 0.717) is 28.2 Å². The number of ether oxygens (including phenoxy) is 1. The second-order valence-corrected chi connectivity index (χ2v) is 7.39. The first kappa shape index (κ1) is 21.4. The van der Waals surface area contributed by atoms with Gasteiger partial charge in [-0.1, -0.05) is 48.7 Å². The molecule has 1 N–H and O–H groups in total. The molecular weight excluding hydrogens is 413 g/mol. The van der Waals surface area contributed by atoms with Crippen molar-refractivity contribution in [3.63, 3.8) is 0 Å². The van der Waals surface area contributed by atoms with Crippen molar-refractivity contribution >= 4 is 29.2 Å². The van der Waals surface area contributed by atoms with E-state index >= 15 is 0 Å². The van der Waals surface area contributed by atoms with Gasteiger partial charge in [-0.05, 0) is 36.2 Å². The van der Waals surface area contributed by atoms with Gasteiger partial charge in [0.25, 0.3) is 0 Å². The van der Waals surface area contributed by atoms with Crippen LogP contribution in [0.1, 0.15) is 47.3 Å². The lowest BCUT2D eigenvalue weighted by atomic mass is 10.2. The molecule has 1 aromatic carbocycles. The van der Waals surface area contributed by atoms with Crippen LogP contribution in [0.25, 0.3) is 5.69 Å². The van der Waals surface area contributed by atoms with Crippen LogP contribution < -0.4 is 0 Å². The zero-order valence-corrected chi connectivity index (χ0v) is 17.9. The molecule has 0 aliphatic carbocycles. The standard InChI is InChI=1S/C21H23Cl2N3O3/c1-3-4-5-19-24-16(13-27)20(23)25(19)12-14-6-8-15(9-7-14)26-17(21(28)29-2)10-11-18(26)22/h6-11,27H,3-5,12-13H2,1-2H3. The van der Waals surface area contributed by atoms with Crippen LogP contribution in [-0.2, 0) is 24.3 Å². The normalized spacial score (nSPS) is 11.1. The Morgan fingerprint density at radius 1 is 1.17 bits per heavy atom. The molecule has 6 nitrogen and oxygen atoms in total. The maximum atomic E-state index is 12.0. The predicted octanol–water partition coefficient (Wildman–Crippen LogP) is 4.65. The molecule has 0 spiro atoms. The van der Waals surface area contributed by atoms with Crippen LogP contribution in [0.4, 0.5) is 0 Å². The van der Waals surface area contributed by atoms with Crippen LogP contribution in [0, 0.1) is 0 Å². The van der Waals surface area contributed by atoms with Crippen LogP contribution in [0.15, 0.2) is 36.4 Å². The van der Waals surface area contributed by atoms with Crippen molar-refractivity contribution in [2.45, 2.75) is 39.3 Å². The highest BCUT2D eigenvalue weighted by Crippen LogP contribution is 2.24. The number of rotatable bonds is 8. The Morgan fingerprint density at radius 3 is 2.52 bits per heavy atom. The summed E-state index contributed by atoms with van der Waals surface area (Å²) in [6.07, 6.45) is 2.85. The predicted molar refractivity (Wildman–Crippen MR) is 113 cm³/mol. The zero-order valence-electron chi connectivity index (χ0n) is 16.4. The monoisotopic (exact) mass is 435 g/mol. The average Bonchev–Trinajstić information content (AvgIpc) is 3.26. The Morgan fingerprint density at radius 2 is 1.90 bits per heavy atom. The molecule has 3 aromatic rings. The van der Waals surface area contributed by atoms with E-state index in [-0.39, 0.29) is 6.61 Å². The van der Waals surface area contributed by atoms with E-state index in [2.05, 4.69) is 11.9 Å². The third-order valence-electron chi connectivity index (χ3n) is 4.72. The number of carbonyl (C=O) groups excluding carboxylic acids is 1. The molecule has 0 aliphatic heterocycles. The van der Waals surface area contributed by atoms with Gasteiger partial charge >= 0.3 is 5.97 Å². The number of aromatic nitrogens is 3. The molecule has 0 fully saturated rings. The Labute approximate surface area is 179 Å². The maximum absolute atomic E-state index is 12.0. The SMILES string of the molecule is CCCCc1nc(CO)c(Cl)n1Cc1ccc(-n2c(Cl)ccc2C(=O)OC)cc1. The van der Waals surface area contributed by atoms with Crippen LogP contribution in [0.3, 0.4) is 0 Å². The number of nitrogens with zero attached hydrogens (tertiary/aromatic N) is 3. The summed E-state index contributed by atoms with van der Waals surface area (Å²) in [5.41, 5.74) is 2.62.